The van der Waals surface area contributed by atoms with Gasteiger partial charge in [-0.15, -0.1) is 0 Å². The second-order valence-electron chi connectivity index (χ2n) is 6.83. The van der Waals surface area contributed by atoms with Gasteiger partial charge in [0.15, 0.2) is 0 Å². The Morgan fingerprint density at radius 3 is 2.76 bits per heavy atom. The molecule has 25 heavy (non-hydrogen) atoms. The van der Waals surface area contributed by atoms with Gasteiger partial charge in [0.05, 0.1) is 35.6 Å². The highest BCUT2D eigenvalue weighted by Gasteiger charge is 2.35. The van der Waals surface area contributed by atoms with Crippen LogP contribution in [0.2, 0.25) is 0 Å². The summed E-state index contributed by atoms with van der Waals surface area (Å²) in [5.41, 5.74) is 3.55. The molecule has 1 saturated carbocycles. The van der Waals surface area contributed by atoms with Gasteiger partial charge in [0.2, 0.25) is 0 Å². The van der Waals surface area contributed by atoms with E-state index in [-0.39, 0.29) is 11.9 Å². The van der Waals surface area contributed by atoms with Gasteiger partial charge in [0.25, 0.3) is 5.91 Å². The molecule has 0 saturated heterocycles. The Hall–Kier alpha value is -2.61. The number of nitriles is 1. The summed E-state index contributed by atoms with van der Waals surface area (Å²) in [6, 6.07) is 10.3. The molecule has 1 heterocycles. The second-order valence-corrected chi connectivity index (χ2v) is 6.83. The van der Waals surface area contributed by atoms with Crippen LogP contribution in [-0.4, -0.2) is 33.2 Å². The molecule has 1 aromatic carbocycles. The SMILES string of the molecule is Cc1ccccc1-n1ncc(C(=O)N(CCC#N)[C@H](C)C2CC2)c1C. The first kappa shape index (κ1) is 17.2. The molecule has 3 rings (SSSR count). The third-order valence-electron chi connectivity index (χ3n) is 5.11. The minimum Gasteiger partial charge on any atom is -0.335 e. The Morgan fingerprint density at radius 2 is 2.12 bits per heavy atom. The molecule has 0 N–H and O–H groups in total. The Balaban J connectivity index is 1.91. The molecule has 1 aliphatic rings. The molecule has 1 aromatic heterocycles. The van der Waals surface area contributed by atoms with Crippen molar-refractivity contribution >= 4 is 5.91 Å². The van der Waals surface area contributed by atoms with Gasteiger partial charge in [-0.25, -0.2) is 4.68 Å². The molecular formula is C20H24N4O. The van der Waals surface area contributed by atoms with E-state index in [0.717, 1.165) is 16.9 Å². The van der Waals surface area contributed by atoms with Crippen LogP contribution in [0, 0.1) is 31.1 Å². The number of para-hydroxylation sites is 1. The van der Waals surface area contributed by atoms with Crippen molar-refractivity contribution in [2.45, 2.75) is 46.1 Å². The minimum atomic E-state index is -0.0213. The largest absolute Gasteiger partial charge is 0.335 e. The van der Waals surface area contributed by atoms with Crippen molar-refractivity contribution in [3.05, 3.63) is 47.3 Å². The number of carbonyl (C=O) groups is 1. The molecule has 0 unspecified atom stereocenters. The molecule has 1 atom stereocenters. The summed E-state index contributed by atoms with van der Waals surface area (Å²) in [6.07, 6.45) is 4.34. The minimum absolute atomic E-state index is 0.0213. The van der Waals surface area contributed by atoms with Crippen LogP contribution in [0.3, 0.4) is 0 Å². The van der Waals surface area contributed by atoms with E-state index in [4.69, 9.17) is 5.26 Å². The maximum Gasteiger partial charge on any atom is 0.257 e. The monoisotopic (exact) mass is 336 g/mol. The third-order valence-corrected chi connectivity index (χ3v) is 5.11. The van der Waals surface area contributed by atoms with E-state index in [1.165, 1.54) is 12.8 Å². The maximum absolute atomic E-state index is 13.1. The average Bonchev–Trinajstić information content (AvgIpc) is 3.38. The second kappa shape index (κ2) is 7.10. The van der Waals surface area contributed by atoms with Gasteiger partial charge in [-0.05, 0) is 51.2 Å². The first-order valence-corrected chi connectivity index (χ1v) is 8.83. The van der Waals surface area contributed by atoms with Crippen LogP contribution in [0.4, 0.5) is 0 Å². The summed E-state index contributed by atoms with van der Waals surface area (Å²) >= 11 is 0. The average molecular weight is 336 g/mol. The standard InChI is InChI=1S/C20H24N4O/c1-14-7-4-5-8-19(14)24-16(3)18(13-22-24)20(25)23(12-6-11-21)15(2)17-9-10-17/h4-5,7-8,13,15,17H,6,9-10,12H2,1-3H3/t15-/m1/s1. The van der Waals surface area contributed by atoms with Crippen molar-refractivity contribution in [1.82, 2.24) is 14.7 Å². The molecule has 1 aliphatic carbocycles. The molecule has 130 valence electrons. The molecule has 0 aliphatic heterocycles. The van der Waals surface area contributed by atoms with Crippen LogP contribution in [-0.2, 0) is 0 Å². The van der Waals surface area contributed by atoms with Crippen molar-refractivity contribution in [2.75, 3.05) is 6.54 Å². The van der Waals surface area contributed by atoms with E-state index in [1.54, 1.807) is 6.20 Å². The predicted octanol–water partition coefficient (Wildman–Crippen LogP) is 3.64. The summed E-state index contributed by atoms with van der Waals surface area (Å²) in [4.78, 5) is 15.0. The van der Waals surface area contributed by atoms with E-state index in [1.807, 2.05) is 47.7 Å². The summed E-state index contributed by atoms with van der Waals surface area (Å²) in [5, 5.41) is 13.4. The van der Waals surface area contributed by atoms with Gasteiger partial charge in [0, 0.05) is 12.6 Å². The Labute approximate surface area is 148 Å². The lowest BCUT2D eigenvalue weighted by Crippen LogP contribution is -2.40. The molecule has 0 radical (unpaired) electrons. The van der Waals surface area contributed by atoms with Crippen LogP contribution in [0.1, 0.15) is 47.8 Å². The Morgan fingerprint density at radius 1 is 1.40 bits per heavy atom. The van der Waals surface area contributed by atoms with E-state index in [2.05, 4.69) is 18.1 Å². The molecule has 2 aromatic rings. The number of aryl methyl sites for hydroxylation is 1. The summed E-state index contributed by atoms with van der Waals surface area (Å²) < 4.78 is 1.83. The molecule has 0 spiro atoms. The fourth-order valence-electron chi connectivity index (χ4n) is 3.31. The smallest absolute Gasteiger partial charge is 0.257 e. The number of benzene rings is 1. The van der Waals surface area contributed by atoms with Crippen LogP contribution < -0.4 is 0 Å². The van der Waals surface area contributed by atoms with E-state index in [9.17, 15) is 4.79 Å². The fourth-order valence-corrected chi connectivity index (χ4v) is 3.31. The lowest BCUT2D eigenvalue weighted by molar-refractivity contribution is 0.0676. The van der Waals surface area contributed by atoms with Gasteiger partial charge in [-0.3, -0.25) is 4.79 Å². The number of aromatic nitrogens is 2. The first-order valence-electron chi connectivity index (χ1n) is 8.83. The van der Waals surface area contributed by atoms with Gasteiger partial charge in [-0.1, -0.05) is 18.2 Å². The summed E-state index contributed by atoms with van der Waals surface area (Å²) in [5.74, 6) is 0.543. The normalized spacial score (nSPS) is 14.8. The topological polar surface area (TPSA) is 61.9 Å². The third kappa shape index (κ3) is 3.43. The highest BCUT2D eigenvalue weighted by Crippen LogP contribution is 2.36. The van der Waals surface area contributed by atoms with Gasteiger partial charge in [0.1, 0.15) is 0 Å². The van der Waals surface area contributed by atoms with Gasteiger partial charge in [-0.2, -0.15) is 10.4 Å². The Bertz CT molecular complexity index is 813. The number of amides is 1. The van der Waals surface area contributed by atoms with E-state index < -0.39 is 0 Å². The lowest BCUT2D eigenvalue weighted by Gasteiger charge is -2.28. The fraction of sp³-hybridized carbons (Fsp3) is 0.450. The highest BCUT2D eigenvalue weighted by atomic mass is 16.2. The summed E-state index contributed by atoms with van der Waals surface area (Å²) in [6.45, 7) is 6.53. The summed E-state index contributed by atoms with van der Waals surface area (Å²) in [7, 11) is 0. The van der Waals surface area contributed by atoms with Crippen LogP contribution >= 0.6 is 0 Å². The molecule has 5 nitrogen and oxygen atoms in total. The van der Waals surface area contributed by atoms with Crippen molar-refractivity contribution in [2.24, 2.45) is 5.92 Å². The highest BCUT2D eigenvalue weighted by molar-refractivity contribution is 5.95. The zero-order chi connectivity index (χ0) is 18.0. The van der Waals surface area contributed by atoms with Crippen LogP contribution in [0.15, 0.2) is 30.5 Å². The van der Waals surface area contributed by atoms with Crippen LogP contribution in [0.5, 0.6) is 0 Å². The Kier molecular flexibility index (Phi) is 4.89. The molecule has 1 amide bonds. The number of hydrogen-bond acceptors (Lipinski definition) is 3. The first-order chi connectivity index (χ1) is 12.0. The number of rotatable bonds is 6. The van der Waals surface area contributed by atoms with Gasteiger partial charge >= 0.3 is 0 Å². The molecule has 5 heteroatoms. The molecule has 1 fully saturated rings. The quantitative estimate of drug-likeness (QED) is 0.809. The molecule has 0 bridgehead atoms. The lowest BCUT2D eigenvalue weighted by atomic mass is 10.1. The number of nitrogens with zero attached hydrogens (tertiary/aromatic N) is 4. The number of carbonyl (C=O) groups excluding carboxylic acids is 1. The zero-order valence-electron chi connectivity index (χ0n) is 15.1. The maximum atomic E-state index is 13.1. The van der Waals surface area contributed by atoms with E-state index in [0.29, 0.717) is 24.4 Å². The predicted molar refractivity (Wildman–Crippen MR) is 96.5 cm³/mol. The van der Waals surface area contributed by atoms with Crippen molar-refractivity contribution in [1.29, 1.82) is 5.26 Å². The van der Waals surface area contributed by atoms with Crippen molar-refractivity contribution in [3.8, 4) is 11.8 Å². The van der Waals surface area contributed by atoms with Crippen molar-refractivity contribution < 1.29 is 4.79 Å². The molecular weight excluding hydrogens is 312 g/mol. The van der Waals surface area contributed by atoms with Crippen LogP contribution in [0.25, 0.3) is 5.69 Å². The van der Waals surface area contributed by atoms with Crippen molar-refractivity contribution in [3.63, 3.8) is 0 Å². The number of hydrogen-bond donors (Lipinski definition) is 0. The van der Waals surface area contributed by atoms with Gasteiger partial charge < -0.3 is 4.90 Å². The zero-order valence-corrected chi connectivity index (χ0v) is 15.1. The van der Waals surface area contributed by atoms with E-state index >= 15 is 0 Å².